The molecule has 0 atom stereocenters. The van der Waals surface area contributed by atoms with E-state index in [0.717, 1.165) is 17.2 Å². The number of rotatable bonds is 3. The standard InChI is InChI=1S/C6H9NO2S2/c8-6-7-5(3-9-6)4-11-2-1-10/h4,10H,1-3H2,(H,7,8)/b5-4+. The Morgan fingerprint density at radius 3 is 3.18 bits per heavy atom. The third-order valence-electron chi connectivity index (χ3n) is 1.06. The van der Waals surface area contributed by atoms with E-state index < -0.39 is 0 Å². The Balaban J connectivity index is 2.25. The fourth-order valence-corrected chi connectivity index (χ4v) is 1.49. The molecule has 1 amide bonds. The molecule has 62 valence electrons. The highest BCUT2D eigenvalue weighted by Gasteiger charge is 2.14. The lowest BCUT2D eigenvalue weighted by molar-refractivity contribution is 0.179. The van der Waals surface area contributed by atoms with Crippen LogP contribution in [0.3, 0.4) is 0 Å². The Hall–Kier alpha value is -0.290. The van der Waals surface area contributed by atoms with Crippen LogP contribution in [0.25, 0.3) is 0 Å². The highest BCUT2D eigenvalue weighted by Crippen LogP contribution is 2.09. The van der Waals surface area contributed by atoms with Crippen LogP contribution in [0.15, 0.2) is 11.1 Å². The van der Waals surface area contributed by atoms with Gasteiger partial charge in [0, 0.05) is 5.75 Å². The number of carbonyl (C=O) groups is 1. The van der Waals surface area contributed by atoms with Gasteiger partial charge < -0.3 is 4.74 Å². The first-order chi connectivity index (χ1) is 5.33. The number of alkyl carbamates (subject to hydrolysis) is 1. The maximum absolute atomic E-state index is 10.5. The Kier molecular flexibility index (Phi) is 3.65. The maximum atomic E-state index is 10.5. The van der Waals surface area contributed by atoms with Crippen molar-refractivity contribution < 1.29 is 9.53 Å². The third-order valence-corrected chi connectivity index (χ3v) is 2.47. The molecule has 0 aromatic carbocycles. The summed E-state index contributed by atoms with van der Waals surface area (Å²) in [6, 6.07) is 0. The van der Waals surface area contributed by atoms with E-state index in [4.69, 9.17) is 0 Å². The van der Waals surface area contributed by atoms with E-state index in [1.165, 1.54) is 0 Å². The molecule has 0 radical (unpaired) electrons. The second kappa shape index (κ2) is 4.56. The molecule has 1 rings (SSSR count). The molecule has 3 nitrogen and oxygen atoms in total. The number of thiol groups is 1. The van der Waals surface area contributed by atoms with Gasteiger partial charge in [0.2, 0.25) is 0 Å². The number of hydrogen-bond acceptors (Lipinski definition) is 4. The van der Waals surface area contributed by atoms with Gasteiger partial charge in [-0.25, -0.2) is 4.79 Å². The lowest BCUT2D eigenvalue weighted by Gasteiger charge is -1.91. The number of amides is 1. The summed E-state index contributed by atoms with van der Waals surface area (Å²) in [5, 5.41) is 4.46. The van der Waals surface area contributed by atoms with E-state index in [0.29, 0.717) is 6.61 Å². The molecule has 0 spiro atoms. The average Bonchev–Trinajstić information content (AvgIpc) is 2.37. The van der Waals surface area contributed by atoms with Crippen LogP contribution >= 0.6 is 24.4 Å². The highest BCUT2D eigenvalue weighted by molar-refractivity contribution is 8.02. The molecule has 0 unspecified atom stereocenters. The van der Waals surface area contributed by atoms with Crippen molar-refractivity contribution in [1.29, 1.82) is 0 Å². The maximum Gasteiger partial charge on any atom is 0.411 e. The quantitative estimate of drug-likeness (QED) is 0.520. The summed E-state index contributed by atoms with van der Waals surface area (Å²) in [6.45, 7) is 0.373. The van der Waals surface area contributed by atoms with Crippen LogP contribution in [0.5, 0.6) is 0 Å². The highest BCUT2D eigenvalue weighted by atomic mass is 32.2. The fraction of sp³-hybridized carbons (Fsp3) is 0.500. The van der Waals surface area contributed by atoms with E-state index in [9.17, 15) is 4.79 Å². The molecule has 0 aromatic rings. The van der Waals surface area contributed by atoms with E-state index in [1.807, 2.05) is 5.41 Å². The summed E-state index contributed by atoms with van der Waals surface area (Å²) >= 11 is 5.67. The fourth-order valence-electron chi connectivity index (χ4n) is 0.622. The molecule has 0 aromatic heterocycles. The molecule has 1 heterocycles. The number of carbonyl (C=O) groups excluding carboxylic acids is 1. The Bertz CT molecular complexity index is 181. The molecule has 0 saturated carbocycles. The number of hydrogen-bond donors (Lipinski definition) is 2. The van der Waals surface area contributed by atoms with Crippen LogP contribution < -0.4 is 5.32 Å². The van der Waals surface area contributed by atoms with Crippen molar-refractivity contribution in [2.45, 2.75) is 0 Å². The van der Waals surface area contributed by atoms with E-state index in [2.05, 4.69) is 22.7 Å². The van der Waals surface area contributed by atoms with Crippen molar-refractivity contribution in [3.63, 3.8) is 0 Å². The molecule has 11 heavy (non-hydrogen) atoms. The summed E-state index contributed by atoms with van der Waals surface area (Å²) in [6.07, 6.45) is -0.359. The largest absolute Gasteiger partial charge is 0.443 e. The molecule has 1 saturated heterocycles. The predicted molar refractivity (Wildman–Crippen MR) is 48.9 cm³/mol. The normalized spacial score (nSPS) is 20.1. The van der Waals surface area contributed by atoms with Gasteiger partial charge in [-0.05, 0) is 11.2 Å². The van der Waals surface area contributed by atoms with Crippen LogP contribution in [0, 0.1) is 0 Å². The summed E-state index contributed by atoms with van der Waals surface area (Å²) in [4.78, 5) is 10.5. The second-order valence-electron chi connectivity index (χ2n) is 1.94. The molecule has 1 N–H and O–H groups in total. The van der Waals surface area contributed by atoms with Crippen LogP contribution in [0.1, 0.15) is 0 Å². The van der Waals surface area contributed by atoms with Crippen molar-refractivity contribution in [3.05, 3.63) is 11.1 Å². The Morgan fingerprint density at radius 2 is 2.64 bits per heavy atom. The van der Waals surface area contributed by atoms with Gasteiger partial charge >= 0.3 is 6.09 Å². The lowest BCUT2D eigenvalue weighted by Crippen LogP contribution is -2.10. The number of ether oxygens (including phenoxy) is 1. The molecular formula is C6H9NO2S2. The minimum Gasteiger partial charge on any atom is -0.443 e. The zero-order valence-corrected chi connectivity index (χ0v) is 7.58. The average molecular weight is 191 g/mol. The lowest BCUT2D eigenvalue weighted by atomic mass is 10.6. The summed E-state index contributed by atoms with van der Waals surface area (Å²) in [5.74, 6) is 1.78. The molecule has 5 heteroatoms. The monoisotopic (exact) mass is 191 g/mol. The van der Waals surface area contributed by atoms with Crippen molar-refractivity contribution in [2.75, 3.05) is 18.1 Å². The minimum absolute atomic E-state index is 0.359. The number of thioether (sulfide) groups is 1. The Labute approximate surface area is 75.0 Å². The van der Waals surface area contributed by atoms with Crippen LogP contribution in [-0.4, -0.2) is 24.2 Å². The van der Waals surface area contributed by atoms with Gasteiger partial charge in [0.05, 0.1) is 5.70 Å². The van der Waals surface area contributed by atoms with E-state index >= 15 is 0 Å². The molecule has 0 bridgehead atoms. The summed E-state index contributed by atoms with van der Waals surface area (Å²) in [5.41, 5.74) is 0.835. The van der Waals surface area contributed by atoms with E-state index in [1.54, 1.807) is 11.8 Å². The van der Waals surface area contributed by atoms with Crippen LogP contribution in [-0.2, 0) is 4.74 Å². The van der Waals surface area contributed by atoms with E-state index in [-0.39, 0.29) is 6.09 Å². The van der Waals surface area contributed by atoms with Gasteiger partial charge in [-0.2, -0.15) is 12.6 Å². The molecule has 1 aliphatic rings. The van der Waals surface area contributed by atoms with Crippen LogP contribution in [0.2, 0.25) is 0 Å². The topological polar surface area (TPSA) is 38.3 Å². The summed E-state index contributed by atoms with van der Waals surface area (Å²) < 4.78 is 4.65. The molecule has 1 fully saturated rings. The van der Waals surface area contributed by atoms with Gasteiger partial charge in [0.15, 0.2) is 0 Å². The molecular weight excluding hydrogens is 182 g/mol. The smallest absolute Gasteiger partial charge is 0.411 e. The molecule has 0 aliphatic carbocycles. The predicted octanol–water partition coefficient (Wildman–Crippen LogP) is 1.23. The molecule has 1 aliphatic heterocycles. The van der Waals surface area contributed by atoms with Crippen molar-refractivity contribution in [2.24, 2.45) is 0 Å². The zero-order chi connectivity index (χ0) is 8.10. The van der Waals surface area contributed by atoms with Gasteiger partial charge in [-0.1, -0.05) is 0 Å². The third kappa shape index (κ3) is 3.07. The van der Waals surface area contributed by atoms with Gasteiger partial charge in [0.1, 0.15) is 6.61 Å². The summed E-state index contributed by atoms with van der Waals surface area (Å²) in [7, 11) is 0. The van der Waals surface area contributed by atoms with Gasteiger partial charge in [0.25, 0.3) is 0 Å². The number of nitrogens with one attached hydrogen (secondary N) is 1. The van der Waals surface area contributed by atoms with Crippen molar-refractivity contribution in [1.82, 2.24) is 5.32 Å². The van der Waals surface area contributed by atoms with Crippen molar-refractivity contribution in [3.8, 4) is 0 Å². The minimum atomic E-state index is -0.359. The van der Waals surface area contributed by atoms with Gasteiger partial charge in [-0.15, -0.1) is 11.8 Å². The SMILES string of the molecule is O=C1N/C(=C/SCCS)CO1. The first-order valence-corrected chi connectivity index (χ1v) is 4.86. The first-order valence-electron chi connectivity index (χ1n) is 3.18. The van der Waals surface area contributed by atoms with Gasteiger partial charge in [-0.3, -0.25) is 5.32 Å². The zero-order valence-electron chi connectivity index (χ0n) is 5.87. The van der Waals surface area contributed by atoms with Crippen LogP contribution in [0.4, 0.5) is 4.79 Å². The number of cyclic esters (lactones) is 1. The Morgan fingerprint density at radius 1 is 1.82 bits per heavy atom. The first kappa shape index (κ1) is 8.80. The second-order valence-corrected chi connectivity index (χ2v) is 3.36. The van der Waals surface area contributed by atoms with Crippen molar-refractivity contribution >= 4 is 30.5 Å².